The van der Waals surface area contributed by atoms with E-state index in [1.54, 1.807) is 18.5 Å². The molecule has 0 radical (unpaired) electrons. The molecule has 0 aliphatic rings. The standard InChI is InChI=1S/C7H6BrNO.BrH/c8-7(5-10)6-2-1-3-9-4-6;/h1-5,7H;1H. The molecule has 0 aliphatic carbocycles. The molecule has 4 heteroatoms. The van der Waals surface area contributed by atoms with Gasteiger partial charge in [-0.2, -0.15) is 0 Å². The van der Waals surface area contributed by atoms with Crippen molar-refractivity contribution in [2.45, 2.75) is 4.83 Å². The van der Waals surface area contributed by atoms with Crippen LogP contribution in [-0.2, 0) is 4.79 Å². The van der Waals surface area contributed by atoms with Gasteiger partial charge in [-0.25, -0.2) is 0 Å². The van der Waals surface area contributed by atoms with Crippen molar-refractivity contribution in [3.05, 3.63) is 30.1 Å². The van der Waals surface area contributed by atoms with E-state index >= 15 is 0 Å². The van der Waals surface area contributed by atoms with Crippen LogP contribution >= 0.6 is 32.9 Å². The third kappa shape index (κ3) is 3.12. The summed E-state index contributed by atoms with van der Waals surface area (Å²) >= 11 is 3.18. The predicted octanol–water partition coefficient (Wildman–Crippen LogP) is 2.29. The Morgan fingerprint density at radius 2 is 2.36 bits per heavy atom. The summed E-state index contributed by atoms with van der Waals surface area (Å²) in [5.41, 5.74) is 0.887. The van der Waals surface area contributed by atoms with Crippen molar-refractivity contribution in [2.75, 3.05) is 0 Å². The number of carbonyl (C=O) groups excluding carboxylic acids is 1. The van der Waals surface area contributed by atoms with Crippen molar-refractivity contribution < 1.29 is 4.79 Å². The molecule has 1 rings (SSSR count). The maximum Gasteiger partial charge on any atom is 0.138 e. The Morgan fingerprint density at radius 1 is 1.64 bits per heavy atom. The molecule has 0 aromatic carbocycles. The van der Waals surface area contributed by atoms with Gasteiger partial charge in [-0.3, -0.25) is 4.98 Å². The van der Waals surface area contributed by atoms with E-state index < -0.39 is 0 Å². The molecule has 0 spiro atoms. The molecular weight excluding hydrogens is 274 g/mol. The largest absolute Gasteiger partial charge is 0.302 e. The lowest BCUT2D eigenvalue weighted by atomic mass is 10.2. The Bertz CT molecular complexity index is 215. The number of aldehydes is 1. The number of carbonyl (C=O) groups is 1. The quantitative estimate of drug-likeness (QED) is 0.615. The summed E-state index contributed by atoms with van der Waals surface area (Å²) < 4.78 is 0. The van der Waals surface area contributed by atoms with Gasteiger partial charge in [-0.05, 0) is 11.6 Å². The van der Waals surface area contributed by atoms with Gasteiger partial charge in [0.1, 0.15) is 6.29 Å². The molecule has 1 aromatic rings. The maximum atomic E-state index is 10.2. The van der Waals surface area contributed by atoms with Crippen LogP contribution in [0.4, 0.5) is 0 Å². The molecule has 60 valence electrons. The van der Waals surface area contributed by atoms with E-state index in [-0.39, 0.29) is 21.8 Å². The second-order valence-electron chi connectivity index (χ2n) is 1.82. The van der Waals surface area contributed by atoms with Gasteiger partial charge in [0.05, 0.1) is 4.83 Å². The van der Waals surface area contributed by atoms with E-state index in [4.69, 9.17) is 0 Å². The normalized spacial score (nSPS) is 11.4. The van der Waals surface area contributed by atoms with E-state index in [0.717, 1.165) is 11.8 Å². The highest BCUT2D eigenvalue weighted by atomic mass is 79.9. The van der Waals surface area contributed by atoms with Crippen molar-refractivity contribution in [3.63, 3.8) is 0 Å². The SMILES string of the molecule is Br.O=CC(Br)c1cccnc1. The molecule has 0 amide bonds. The zero-order chi connectivity index (χ0) is 7.40. The fraction of sp³-hybridized carbons (Fsp3) is 0.143. The number of hydrogen-bond donors (Lipinski definition) is 0. The van der Waals surface area contributed by atoms with Crippen molar-refractivity contribution in [2.24, 2.45) is 0 Å². The highest BCUT2D eigenvalue weighted by Crippen LogP contribution is 2.17. The van der Waals surface area contributed by atoms with E-state index in [9.17, 15) is 4.79 Å². The lowest BCUT2D eigenvalue weighted by molar-refractivity contribution is -0.107. The van der Waals surface area contributed by atoms with Gasteiger partial charge < -0.3 is 4.79 Å². The summed E-state index contributed by atoms with van der Waals surface area (Å²) in [5.74, 6) is 0. The molecular formula is C7H7Br2NO. The highest BCUT2D eigenvalue weighted by molar-refractivity contribution is 9.09. The third-order valence-electron chi connectivity index (χ3n) is 1.12. The second kappa shape index (κ2) is 5.43. The van der Waals surface area contributed by atoms with Crippen LogP contribution in [-0.4, -0.2) is 11.3 Å². The van der Waals surface area contributed by atoms with Gasteiger partial charge in [0.15, 0.2) is 0 Å². The number of halogens is 2. The van der Waals surface area contributed by atoms with Crippen LogP contribution in [0.25, 0.3) is 0 Å². The Labute approximate surface area is 83.9 Å². The van der Waals surface area contributed by atoms with Crippen LogP contribution in [0, 0.1) is 0 Å². The van der Waals surface area contributed by atoms with E-state index in [1.165, 1.54) is 0 Å². The average Bonchev–Trinajstić information content (AvgIpc) is 2.05. The van der Waals surface area contributed by atoms with Crippen LogP contribution in [0.15, 0.2) is 24.5 Å². The van der Waals surface area contributed by atoms with Crippen molar-refractivity contribution >= 4 is 39.2 Å². The molecule has 0 saturated heterocycles. The Balaban J connectivity index is 0.000001000. The molecule has 2 nitrogen and oxygen atoms in total. The highest BCUT2D eigenvalue weighted by Gasteiger charge is 2.02. The fourth-order valence-electron chi connectivity index (χ4n) is 0.618. The molecule has 1 unspecified atom stereocenters. The summed E-state index contributed by atoms with van der Waals surface area (Å²) in [6.07, 6.45) is 4.17. The minimum atomic E-state index is -0.221. The van der Waals surface area contributed by atoms with Gasteiger partial charge in [-0.1, -0.05) is 22.0 Å². The first-order valence-corrected chi connectivity index (χ1v) is 3.75. The molecule has 0 saturated carbocycles. The number of rotatable bonds is 2. The van der Waals surface area contributed by atoms with Gasteiger partial charge >= 0.3 is 0 Å². The van der Waals surface area contributed by atoms with Gasteiger partial charge in [0.25, 0.3) is 0 Å². The van der Waals surface area contributed by atoms with Crippen molar-refractivity contribution in [1.82, 2.24) is 4.98 Å². The van der Waals surface area contributed by atoms with Crippen molar-refractivity contribution in [1.29, 1.82) is 0 Å². The first-order chi connectivity index (χ1) is 4.84. The molecule has 0 bridgehead atoms. The summed E-state index contributed by atoms with van der Waals surface area (Å²) in [4.78, 5) is 13.9. The van der Waals surface area contributed by atoms with Crippen molar-refractivity contribution in [3.8, 4) is 0 Å². The van der Waals surface area contributed by atoms with Gasteiger partial charge in [-0.15, -0.1) is 17.0 Å². The van der Waals surface area contributed by atoms with Crippen LogP contribution in [0.2, 0.25) is 0 Å². The topological polar surface area (TPSA) is 30.0 Å². The molecule has 0 aliphatic heterocycles. The summed E-state index contributed by atoms with van der Waals surface area (Å²) in [6.45, 7) is 0. The van der Waals surface area contributed by atoms with E-state index in [0.29, 0.717) is 0 Å². The second-order valence-corrected chi connectivity index (χ2v) is 2.81. The minimum absolute atomic E-state index is 0. The predicted molar refractivity (Wildman–Crippen MR) is 52.3 cm³/mol. The van der Waals surface area contributed by atoms with Gasteiger partial charge in [0, 0.05) is 12.4 Å². The molecule has 11 heavy (non-hydrogen) atoms. The van der Waals surface area contributed by atoms with Gasteiger partial charge in [0.2, 0.25) is 0 Å². The average molecular weight is 281 g/mol. The minimum Gasteiger partial charge on any atom is -0.302 e. The van der Waals surface area contributed by atoms with Crippen LogP contribution in [0.5, 0.6) is 0 Å². The summed E-state index contributed by atoms with van der Waals surface area (Å²) in [5, 5.41) is 0. The number of nitrogens with zero attached hydrogens (tertiary/aromatic N) is 1. The molecule has 1 aromatic heterocycles. The van der Waals surface area contributed by atoms with Crippen LogP contribution in [0.3, 0.4) is 0 Å². The lowest BCUT2D eigenvalue weighted by Crippen LogP contribution is -1.89. The fourth-order valence-corrected chi connectivity index (χ4v) is 0.888. The van der Waals surface area contributed by atoms with E-state index in [1.807, 2.05) is 6.07 Å². The Morgan fingerprint density at radius 3 is 2.82 bits per heavy atom. The Kier molecular flexibility index (Phi) is 5.32. The zero-order valence-corrected chi connectivity index (χ0v) is 8.90. The number of alkyl halides is 1. The molecule has 0 N–H and O–H groups in total. The monoisotopic (exact) mass is 279 g/mol. The summed E-state index contributed by atoms with van der Waals surface area (Å²) in [7, 11) is 0. The first kappa shape index (κ1) is 10.8. The molecule has 0 fully saturated rings. The third-order valence-corrected chi connectivity index (χ3v) is 1.87. The Hall–Kier alpha value is -0.220. The zero-order valence-electron chi connectivity index (χ0n) is 5.61. The molecule has 1 heterocycles. The maximum absolute atomic E-state index is 10.2. The number of hydrogen-bond acceptors (Lipinski definition) is 2. The van der Waals surface area contributed by atoms with Crippen LogP contribution in [0.1, 0.15) is 10.4 Å². The summed E-state index contributed by atoms with van der Waals surface area (Å²) in [6, 6.07) is 3.65. The van der Waals surface area contributed by atoms with Crippen LogP contribution < -0.4 is 0 Å². The van der Waals surface area contributed by atoms with E-state index in [2.05, 4.69) is 20.9 Å². The molecule has 1 atom stereocenters. The smallest absolute Gasteiger partial charge is 0.138 e. The lowest BCUT2D eigenvalue weighted by Gasteiger charge is -1.97. The number of aromatic nitrogens is 1. The number of pyridine rings is 1. The first-order valence-electron chi connectivity index (χ1n) is 2.84.